The lowest BCUT2D eigenvalue weighted by atomic mass is 9.72. The van der Waals surface area contributed by atoms with Crippen molar-refractivity contribution in [1.29, 1.82) is 0 Å². The average Bonchev–Trinajstić information content (AvgIpc) is 3.57. The number of nitrogens with zero attached hydrogens (tertiary/aromatic N) is 6. The van der Waals surface area contributed by atoms with Gasteiger partial charge in [0.25, 0.3) is 5.91 Å². The normalized spacial score (nSPS) is 19.4. The number of methoxy groups -OCH3 is 1. The Labute approximate surface area is 210 Å². The summed E-state index contributed by atoms with van der Waals surface area (Å²) in [5.74, 6) is 2.33. The summed E-state index contributed by atoms with van der Waals surface area (Å²) in [6.07, 6.45) is 7.11. The largest absolute Gasteiger partial charge is 0.496 e. The SMILES string of the molecule is COc1cc(C(=O)N2CCN(C)CC2)ccc1Cn1ncc2nc(N)nc(NCC3CC4(CC4)C3)c21. The fourth-order valence-electron chi connectivity index (χ4n) is 5.76. The van der Waals surface area contributed by atoms with Gasteiger partial charge in [-0.1, -0.05) is 6.07 Å². The van der Waals surface area contributed by atoms with Crippen LogP contribution in [0, 0.1) is 11.3 Å². The van der Waals surface area contributed by atoms with E-state index in [-0.39, 0.29) is 11.9 Å². The number of nitrogens with one attached hydrogen (secondary N) is 1. The van der Waals surface area contributed by atoms with E-state index >= 15 is 0 Å². The van der Waals surface area contributed by atoms with E-state index in [4.69, 9.17) is 10.5 Å². The zero-order valence-electron chi connectivity index (χ0n) is 21.0. The van der Waals surface area contributed by atoms with E-state index in [0.717, 1.165) is 43.8 Å². The molecular weight excluding hydrogens is 456 g/mol. The van der Waals surface area contributed by atoms with Crippen molar-refractivity contribution in [1.82, 2.24) is 29.5 Å². The quantitative estimate of drug-likeness (QED) is 0.519. The molecule has 1 aliphatic heterocycles. The lowest BCUT2D eigenvalue weighted by Gasteiger charge is -2.36. The molecule has 0 bridgehead atoms. The van der Waals surface area contributed by atoms with Crippen molar-refractivity contribution in [2.24, 2.45) is 11.3 Å². The highest BCUT2D eigenvalue weighted by atomic mass is 16.5. The van der Waals surface area contributed by atoms with Crippen LogP contribution in [-0.2, 0) is 6.54 Å². The second-order valence-corrected chi connectivity index (χ2v) is 10.7. The zero-order valence-corrected chi connectivity index (χ0v) is 21.0. The van der Waals surface area contributed by atoms with Crippen LogP contribution in [0.3, 0.4) is 0 Å². The van der Waals surface area contributed by atoms with Crippen molar-refractivity contribution in [2.45, 2.75) is 32.2 Å². The molecule has 1 saturated heterocycles. The van der Waals surface area contributed by atoms with Crippen molar-refractivity contribution in [3.63, 3.8) is 0 Å². The first kappa shape index (κ1) is 23.0. The maximum absolute atomic E-state index is 13.1. The van der Waals surface area contributed by atoms with E-state index in [9.17, 15) is 4.79 Å². The minimum Gasteiger partial charge on any atom is -0.496 e. The predicted octanol–water partition coefficient (Wildman–Crippen LogP) is 2.46. The van der Waals surface area contributed by atoms with Crippen LogP contribution < -0.4 is 15.8 Å². The summed E-state index contributed by atoms with van der Waals surface area (Å²) in [4.78, 5) is 26.1. The summed E-state index contributed by atoms with van der Waals surface area (Å²) in [5, 5.41) is 8.11. The molecule has 3 aliphatic rings. The van der Waals surface area contributed by atoms with Crippen molar-refractivity contribution in [2.75, 3.05) is 57.9 Å². The molecular formula is C26H34N8O2. The van der Waals surface area contributed by atoms with Gasteiger partial charge in [0.1, 0.15) is 16.8 Å². The minimum absolute atomic E-state index is 0.0387. The van der Waals surface area contributed by atoms with Crippen molar-refractivity contribution in [3.8, 4) is 5.75 Å². The maximum atomic E-state index is 13.1. The number of aromatic nitrogens is 4. The fourth-order valence-corrected chi connectivity index (χ4v) is 5.76. The third-order valence-corrected chi connectivity index (χ3v) is 8.11. The zero-order chi connectivity index (χ0) is 24.9. The molecule has 3 N–H and O–H groups in total. The second-order valence-electron chi connectivity index (χ2n) is 10.7. The van der Waals surface area contributed by atoms with E-state index in [2.05, 4.69) is 32.3 Å². The van der Waals surface area contributed by atoms with Crippen LogP contribution in [0.15, 0.2) is 24.4 Å². The molecule has 2 aromatic heterocycles. The van der Waals surface area contributed by atoms with Crippen molar-refractivity contribution >= 4 is 28.7 Å². The molecule has 36 heavy (non-hydrogen) atoms. The molecule has 1 amide bonds. The van der Waals surface area contributed by atoms with Crippen molar-refractivity contribution in [3.05, 3.63) is 35.5 Å². The number of carbonyl (C=O) groups is 1. The number of hydrogen-bond donors (Lipinski definition) is 2. The molecule has 1 aromatic carbocycles. The Morgan fingerprint density at radius 2 is 1.97 bits per heavy atom. The van der Waals surface area contributed by atoms with E-state index in [1.165, 1.54) is 25.7 Å². The van der Waals surface area contributed by atoms with Crippen LogP contribution in [0.1, 0.15) is 41.6 Å². The summed E-state index contributed by atoms with van der Waals surface area (Å²) < 4.78 is 7.57. The average molecular weight is 491 g/mol. The van der Waals surface area contributed by atoms with Crippen LogP contribution >= 0.6 is 0 Å². The van der Waals surface area contributed by atoms with Crippen LogP contribution in [0.25, 0.3) is 11.0 Å². The molecule has 1 spiro atoms. The second kappa shape index (κ2) is 8.92. The first-order chi connectivity index (χ1) is 17.4. The Morgan fingerprint density at radius 1 is 1.19 bits per heavy atom. The number of carbonyl (C=O) groups excluding carboxylic acids is 1. The summed E-state index contributed by atoms with van der Waals surface area (Å²) in [7, 11) is 3.71. The van der Waals surface area contributed by atoms with Gasteiger partial charge in [0.05, 0.1) is 19.9 Å². The molecule has 3 heterocycles. The smallest absolute Gasteiger partial charge is 0.254 e. The van der Waals surface area contributed by atoms with Gasteiger partial charge >= 0.3 is 0 Å². The Balaban J connectivity index is 1.22. The molecule has 2 aliphatic carbocycles. The van der Waals surface area contributed by atoms with Gasteiger partial charge in [0.2, 0.25) is 5.95 Å². The number of amides is 1. The third-order valence-electron chi connectivity index (χ3n) is 8.11. The Kier molecular flexibility index (Phi) is 5.70. The fraction of sp³-hybridized carbons (Fsp3) is 0.538. The number of nitrogens with two attached hydrogens (primary N) is 1. The van der Waals surface area contributed by atoms with Gasteiger partial charge in [0, 0.05) is 43.9 Å². The Morgan fingerprint density at radius 3 is 2.69 bits per heavy atom. The number of likely N-dealkylation sites (N-methyl/N-ethyl adjacent to an activating group) is 1. The molecule has 0 radical (unpaired) electrons. The summed E-state index contributed by atoms with van der Waals surface area (Å²) >= 11 is 0. The number of rotatable bonds is 7. The molecule has 0 atom stereocenters. The number of benzene rings is 1. The van der Waals surface area contributed by atoms with Gasteiger partial charge in [-0.2, -0.15) is 10.1 Å². The monoisotopic (exact) mass is 490 g/mol. The van der Waals surface area contributed by atoms with Gasteiger partial charge in [-0.05, 0) is 56.2 Å². The topological polar surface area (TPSA) is 114 Å². The van der Waals surface area contributed by atoms with Gasteiger partial charge in [-0.15, -0.1) is 0 Å². The van der Waals surface area contributed by atoms with E-state index in [1.54, 1.807) is 13.3 Å². The standard InChI is InChI=1S/C26H34N8O2/c1-32-7-9-33(10-8-32)24(35)18-3-4-19(21(11-18)36-2)16-34-22-20(15-29-34)30-25(27)31-23(22)28-14-17-12-26(13-17)5-6-26/h3-4,11,15,17H,5-10,12-14,16H2,1-2H3,(H3,27,28,30,31). The summed E-state index contributed by atoms with van der Waals surface area (Å²) in [6, 6.07) is 5.66. The molecule has 10 nitrogen and oxygen atoms in total. The number of hydrogen-bond acceptors (Lipinski definition) is 8. The van der Waals surface area contributed by atoms with Crippen LogP contribution in [0.2, 0.25) is 0 Å². The highest BCUT2D eigenvalue weighted by molar-refractivity contribution is 5.95. The Bertz CT molecular complexity index is 1280. The van der Waals surface area contributed by atoms with Crippen molar-refractivity contribution < 1.29 is 9.53 Å². The molecule has 3 aromatic rings. The summed E-state index contributed by atoms with van der Waals surface area (Å²) in [6.45, 7) is 4.59. The summed E-state index contributed by atoms with van der Waals surface area (Å²) in [5.41, 5.74) is 9.76. The van der Waals surface area contributed by atoms with Gasteiger partial charge in [0.15, 0.2) is 5.82 Å². The van der Waals surface area contributed by atoms with E-state index in [1.807, 2.05) is 27.8 Å². The first-order valence-electron chi connectivity index (χ1n) is 12.8. The van der Waals surface area contributed by atoms with Gasteiger partial charge in [-0.25, -0.2) is 4.98 Å². The number of fused-ring (bicyclic) bond motifs is 1. The number of nitrogen functional groups attached to an aromatic ring is 1. The van der Waals surface area contributed by atoms with Crippen LogP contribution in [0.4, 0.5) is 11.8 Å². The van der Waals surface area contributed by atoms with Crippen LogP contribution in [0.5, 0.6) is 5.75 Å². The first-order valence-corrected chi connectivity index (χ1v) is 12.8. The molecule has 190 valence electrons. The lowest BCUT2D eigenvalue weighted by Crippen LogP contribution is -2.47. The highest BCUT2D eigenvalue weighted by Gasteiger charge is 2.52. The highest BCUT2D eigenvalue weighted by Crippen LogP contribution is 2.63. The van der Waals surface area contributed by atoms with Gasteiger partial charge in [-0.3, -0.25) is 9.48 Å². The third kappa shape index (κ3) is 4.34. The maximum Gasteiger partial charge on any atom is 0.254 e. The molecule has 3 fully saturated rings. The van der Waals surface area contributed by atoms with E-state index in [0.29, 0.717) is 40.5 Å². The predicted molar refractivity (Wildman–Crippen MR) is 138 cm³/mol. The Hall–Kier alpha value is -3.40. The van der Waals surface area contributed by atoms with E-state index < -0.39 is 0 Å². The number of piperazine rings is 1. The molecule has 6 rings (SSSR count). The minimum atomic E-state index is 0.0387. The number of anilines is 2. The van der Waals surface area contributed by atoms with Crippen LogP contribution in [-0.4, -0.2) is 82.3 Å². The van der Waals surface area contributed by atoms with Gasteiger partial charge < -0.3 is 25.6 Å². The molecule has 2 saturated carbocycles. The molecule has 10 heteroatoms. The molecule has 0 unspecified atom stereocenters. The lowest BCUT2D eigenvalue weighted by molar-refractivity contribution is 0.0663. The number of ether oxygens (including phenoxy) is 1.